The van der Waals surface area contributed by atoms with E-state index in [9.17, 15) is 4.79 Å². The summed E-state index contributed by atoms with van der Waals surface area (Å²) in [7, 11) is 0. The molecule has 2 rings (SSSR count). The molecule has 96 valence electrons. The Hall–Kier alpha value is -1.77. The average molecular weight is 245 g/mol. The molecule has 0 aliphatic rings. The molecule has 0 saturated carbocycles. The van der Waals surface area contributed by atoms with Gasteiger partial charge in [0.05, 0.1) is 0 Å². The van der Waals surface area contributed by atoms with Gasteiger partial charge in [0.1, 0.15) is 6.54 Å². The van der Waals surface area contributed by atoms with Crippen molar-refractivity contribution in [1.82, 2.24) is 4.57 Å². The van der Waals surface area contributed by atoms with Crippen molar-refractivity contribution >= 4 is 16.9 Å². The van der Waals surface area contributed by atoms with Gasteiger partial charge >= 0.3 is 5.97 Å². The van der Waals surface area contributed by atoms with Crippen molar-refractivity contribution < 1.29 is 9.90 Å². The number of carboxylic acid groups (broad SMARTS) is 1. The Bertz CT molecular complexity index is 581. The summed E-state index contributed by atoms with van der Waals surface area (Å²) >= 11 is 0. The molecule has 0 spiro atoms. The van der Waals surface area contributed by atoms with Gasteiger partial charge in [-0.15, -0.1) is 0 Å². The van der Waals surface area contributed by atoms with Crippen molar-refractivity contribution in [3.63, 3.8) is 0 Å². The highest BCUT2D eigenvalue weighted by Crippen LogP contribution is 2.28. The molecule has 1 aromatic heterocycles. The van der Waals surface area contributed by atoms with Crippen LogP contribution >= 0.6 is 0 Å². The summed E-state index contributed by atoms with van der Waals surface area (Å²) in [5, 5.41) is 10.1. The number of benzene rings is 1. The first kappa shape index (κ1) is 12.7. The fraction of sp³-hybridized carbons (Fsp3) is 0.400. The smallest absolute Gasteiger partial charge is 0.323 e. The molecule has 0 fully saturated rings. The van der Waals surface area contributed by atoms with Crippen LogP contribution < -0.4 is 0 Å². The van der Waals surface area contributed by atoms with E-state index in [2.05, 4.69) is 32.9 Å². The van der Waals surface area contributed by atoms with Crippen LogP contribution in [0.25, 0.3) is 10.9 Å². The lowest BCUT2D eigenvalue weighted by Crippen LogP contribution is -2.07. The minimum atomic E-state index is -0.804. The maximum atomic E-state index is 10.9. The number of aromatic nitrogens is 1. The van der Waals surface area contributed by atoms with Crippen LogP contribution in [0.5, 0.6) is 0 Å². The fourth-order valence-electron chi connectivity index (χ4n) is 2.33. The van der Waals surface area contributed by atoms with Crippen molar-refractivity contribution in [2.45, 2.75) is 39.7 Å². The number of carboxylic acids is 1. The first-order valence-corrected chi connectivity index (χ1v) is 6.36. The largest absolute Gasteiger partial charge is 0.480 e. The topological polar surface area (TPSA) is 42.2 Å². The van der Waals surface area contributed by atoms with Crippen LogP contribution in [0.4, 0.5) is 0 Å². The first-order valence-electron chi connectivity index (χ1n) is 6.36. The molecule has 18 heavy (non-hydrogen) atoms. The number of hydrogen-bond donors (Lipinski definition) is 1. The Balaban J connectivity index is 2.63. The first-order chi connectivity index (χ1) is 8.52. The maximum Gasteiger partial charge on any atom is 0.323 e. The SMILES string of the molecule is CCc1ccc2c(c1)c(C(C)C)cn2CC(=O)O. The molecule has 1 N–H and O–H groups in total. The molecule has 3 heteroatoms. The monoisotopic (exact) mass is 245 g/mol. The zero-order valence-corrected chi connectivity index (χ0v) is 11.1. The second-order valence-electron chi connectivity index (χ2n) is 4.97. The van der Waals surface area contributed by atoms with Crippen molar-refractivity contribution in [3.8, 4) is 0 Å². The van der Waals surface area contributed by atoms with E-state index in [1.165, 1.54) is 16.5 Å². The number of fused-ring (bicyclic) bond motifs is 1. The van der Waals surface area contributed by atoms with E-state index in [4.69, 9.17) is 5.11 Å². The van der Waals surface area contributed by atoms with Crippen LogP contribution in [0, 0.1) is 0 Å². The summed E-state index contributed by atoms with van der Waals surface area (Å²) in [6.45, 7) is 6.43. The van der Waals surface area contributed by atoms with Gasteiger partial charge in [-0.2, -0.15) is 0 Å². The minimum Gasteiger partial charge on any atom is -0.480 e. The molecule has 3 nitrogen and oxygen atoms in total. The molecular formula is C15H19NO2. The van der Waals surface area contributed by atoms with Crippen LogP contribution in [0.15, 0.2) is 24.4 Å². The molecule has 0 saturated heterocycles. The van der Waals surface area contributed by atoms with Crippen LogP contribution in [0.2, 0.25) is 0 Å². The Morgan fingerprint density at radius 1 is 1.39 bits per heavy atom. The van der Waals surface area contributed by atoms with Crippen molar-refractivity contribution in [2.75, 3.05) is 0 Å². The lowest BCUT2D eigenvalue weighted by atomic mass is 10.0. The van der Waals surface area contributed by atoms with Crippen molar-refractivity contribution in [3.05, 3.63) is 35.5 Å². The van der Waals surface area contributed by atoms with Crippen LogP contribution in [-0.2, 0) is 17.8 Å². The predicted octanol–water partition coefficient (Wildman–Crippen LogP) is 3.41. The summed E-state index contributed by atoms with van der Waals surface area (Å²) in [5.41, 5.74) is 3.53. The second-order valence-corrected chi connectivity index (χ2v) is 4.97. The third-order valence-corrected chi connectivity index (χ3v) is 3.31. The van der Waals surface area contributed by atoms with Crippen LogP contribution in [0.3, 0.4) is 0 Å². The van der Waals surface area contributed by atoms with Gasteiger partial charge in [-0.1, -0.05) is 26.8 Å². The third kappa shape index (κ3) is 2.26. The van der Waals surface area contributed by atoms with Crippen LogP contribution in [0.1, 0.15) is 37.8 Å². The van der Waals surface area contributed by atoms with Crippen LogP contribution in [-0.4, -0.2) is 15.6 Å². The molecule has 0 unspecified atom stereocenters. The number of aliphatic carboxylic acids is 1. The fourth-order valence-corrected chi connectivity index (χ4v) is 2.33. The number of aryl methyl sites for hydroxylation is 1. The number of rotatable bonds is 4. The van der Waals surface area contributed by atoms with E-state index in [0.717, 1.165) is 11.9 Å². The van der Waals surface area contributed by atoms with Gasteiger partial charge in [0.15, 0.2) is 0 Å². The summed E-state index contributed by atoms with van der Waals surface area (Å²) in [5.74, 6) is -0.406. The van der Waals surface area contributed by atoms with Crippen molar-refractivity contribution in [1.29, 1.82) is 0 Å². The van der Waals surface area contributed by atoms with E-state index in [1.54, 1.807) is 0 Å². The van der Waals surface area contributed by atoms with Gasteiger partial charge in [0, 0.05) is 17.1 Å². The highest BCUT2D eigenvalue weighted by Gasteiger charge is 2.13. The van der Waals surface area contributed by atoms with Crippen molar-refractivity contribution in [2.24, 2.45) is 0 Å². The van der Waals surface area contributed by atoms with E-state index in [1.807, 2.05) is 16.8 Å². The molecule has 0 aliphatic heterocycles. The Labute approximate surface area is 107 Å². The standard InChI is InChI=1S/C15H19NO2/c1-4-11-5-6-14-12(7-11)13(10(2)3)8-16(14)9-15(17)18/h5-8,10H,4,9H2,1-3H3,(H,17,18). The van der Waals surface area contributed by atoms with Gasteiger partial charge in [-0.25, -0.2) is 0 Å². The molecule has 0 radical (unpaired) electrons. The summed E-state index contributed by atoms with van der Waals surface area (Å²) < 4.78 is 1.83. The van der Waals surface area contributed by atoms with Gasteiger partial charge < -0.3 is 9.67 Å². The zero-order chi connectivity index (χ0) is 13.3. The van der Waals surface area contributed by atoms with Gasteiger partial charge in [0.25, 0.3) is 0 Å². The predicted molar refractivity (Wildman–Crippen MR) is 73.0 cm³/mol. The normalized spacial score (nSPS) is 11.3. The molecule has 1 heterocycles. The number of carbonyl (C=O) groups is 1. The van der Waals surface area contributed by atoms with E-state index >= 15 is 0 Å². The molecule has 0 aliphatic carbocycles. The Morgan fingerprint density at radius 2 is 2.11 bits per heavy atom. The molecular weight excluding hydrogens is 226 g/mol. The molecule has 1 aromatic carbocycles. The van der Waals surface area contributed by atoms with Gasteiger partial charge in [0.2, 0.25) is 0 Å². The quantitative estimate of drug-likeness (QED) is 0.896. The number of nitrogens with zero attached hydrogens (tertiary/aromatic N) is 1. The van der Waals surface area contributed by atoms with E-state index in [-0.39, 0.29) is 6.54 Å². The Kier molecular flexibility index (Phi) is 3.41. The molecule has 0 bridgehead atoms. The minimum absolute atomic E-state index is 0.0225. The molecule has 0 atom stereocenters. The van der Waals surface area contributed by atoms with Gasteiger partial charge in [-0.3, -0.25) is 4.79 Å². The summed E-state index contributed by atoms with van der Waals surface area (Å²) in [6.07, 6.45) is 2.97. The maximum absolute atomic E-state index is 10.9. The number of hydrogen-bond acceptors (Lipinski definition) is 1. The lowest BCUT2D eigenvalue weighted by Gasteiger charge is -2.03. The third-order valence-electron chi connectivity index (χ3n) is 3.31. The molecule has 0 amide bonds. The molecule has 2 aromatic rings. The second kappa shape index (κ2) is 4.84. The lowest BCUT2D eigenvalue weighted by molar-refractivity contribution is -0.137. The highest BCUT2D eigenvalue weighted by molar-refractivity contribution is 5.86. The highest BCUT2D eigenvalue weighted by atomic mass is 16.4. The summed E-state index contributed by atoms with van der Waals surface area (Å²) in [6, 6.07) is 6.29. The average Bonchev–Trinajstić information content (AvgIpc) is 2.66. The Morgan fingerprint density at radius 3 is 2.67 bits per heavy atom. The van der Waals surface area contributed by atoms with E-state index < -0.39 is 5.97 Å². The zero-order valence-electron chi connectivity index (χ0n) is 11.1. The van der Waals surface area contributed by atoms with E-state index in [0.29, 0.717) is 5.92 Å². The van der Waals surface area contributed by atoms with Gasteiger partial charge in [-0.05, 0) is 35.6 Å². The summed E-state index contributed by atoms with van der Waals surface area (Å²) in [4.78, 5) is 10.9.